The summed E-state index contributed by atoms with van der Waals surface area (Å²) in [6.07, 6.45) is 0.638. The van der Waals surface area contributed by atoms with E-state index < -0.39 is 6.10 Å². The topological polar surface area (TPSA) is 40.5 Å². The summed E-state index contributed by atoms with van der Waals surface area (Å²) < 4.78 is 0. The van der Waals surface area contributed by atoms with E-state index in [9.17, 15) is 5.11 Å². The number of aliphatic hydroxyl groups excluding tert-OH is 2. The van der Waals surface area contributed by atoms with Crippen molar-refractivity contribution in [2.75, 3.05) is 12.4 Å². The second kappa shape index (κ2) is 5.01. The van der Waals surface area contributed by atoms with Gasteiger partial charge in [0, 0.05) is 11.0 Å². The van der Waals surface area contributed by atoms with E-state index in [-0.39, 0.29) is 6.61 Å². The van der Waals surface area contributed by atoms with E-state index >= 15 is 0 Å². The SMILES string of the molecule is OCC(O)CSC1CC1c1ccccc1. The lowest BCUT2D eigenvalue weighted by atomic mass is 10.1. The molecule has 1 fully saturated rings. The van der Waals surface area contributed by atoms with Gasteiger partial charge in [0.15, 0.2) is 0 Å². The van der Waals surface area contributed by atoms with E-state index in [4.69, 9.17) is 5.11 Å². The predicted molar refractivity (Wildman–Crippen MR) is 63.1 cm³/mol. The van der Waals surface area contributed by atoms with E-state index in [1.54, 1.807) is 11.8 Å². The molecule has 2 N–H and O–H groups in total. The van der Waals surface area contributed by atoms with Gasteiger partial charge in [-0.3, -0.25) is 0 Å². The van der Waals surface area contributed by atoms with Crippen molar-refractivity contribution in [3.05, 3.63) is 35.9 Å². The number of benzene rings is 1. The molecule has 1 aromatic carbocycles. The second-order valence-corrected chi connectivity index (χ2v) is 5.23. The fraction of sp³-hybridized carbons (Fsp3) is 0.500. The van der Waals surface area contributed by atoms with Crippen LogP contribution >= 0.6 is 11.8 Å². The summed E-state index contributed by atoms with van der Waals surface area (Å²) in [7, 11) is 0. The number of rotatable bonds is 5. The maximum absolute atomic E-state index is 9.22. The van der Waals surface area contributed by atoms with Crippen LogP contribution < -0.4 is 0 Å². The molecular formula is C12H16O2S. The molecule has 1 aliphatic carbocycles. The summed E-state index contributed by atoms with van der Waals surface area (Å²) in [6, 6.07) is 10.5. The average Bonchev–Trinajstić information content (AvgIpc) is 3.06. The van der Waals surface area contributed by atoms with Crippen molar-refractivity contribution in [1.29, 1.82) is 0 Å². The fourth-order valence-electron chi connectivity index (χ4n) is 1.69. The van der Waals surface area contributed by atoms with Gasteiger partial charge in [0.05, 0.1) is 12.7 Å². The van der Waals surface area contributed by atoms with Crippen LogP contribution in [0.15, 0.2) is 30.3 Å². The van der Waals surface area contributed by atoms with Crippen LogP contribution in [0.1, 0.15) is 17.9 Å². The molecule has 15 heavy (non-hydrogen) atoms. The van der Waals surface area contributed by atoms with Crippen molar-refractivity contribution in [2.24, 2.45) is 0 Å². The van der Waals surface area contributed by atoms with Gasteiger partial charge in [-0.05, 0) is 17.9 Å². The molecule has 1 aliphatic rings. The summed E-state index contributed by atoms with van der Waals surface area (Å²) in [5, 5.41) is 18.5. The predicted octanol–water partition coefficient (Wildman–Crippen LogP) is 1.63. The largest absolute Gasteiger partial charge is 0.394 e. The fourth-order valence-corrected chi connectivity index (χ4v) is 3.00. The molecule has 0 spiro atoms. The van der Waals surface area contributed by atoms with Gasteiger partial charge in [0.1, 0.15) is 0 Å². The van der Waals surface area contributed by atoms with Crippen molar-refractivity contribution < 1.29 is 10.2 Å². The Morgan fingerprint density at radius 3 is 2.73 bits per heavy atom. The number of hydrogen-bond donors (Lipinski definition) is 2. The van der Waals surface area contributed by atoms with Gasteiger partial charge < -0.3 is 10.2 Å². The lowest BCUT2D eigenvalue weighted by Crippen LogP contribution is -2.15. The Kier molecular flexibility index (Phi) is 3.67. The van der Waals surface area contributed by atoms with Crippen molar-refractivity contribution in [3.63, 3.8) is 0 Å². The molecule has 0 bridgehead atoms. The Morgan fingerprint density at radius 2 is 2.07 bits per heavy atom. The Balaban J connectivity index is 1.77. The van der Waals surface area contributed by atoms with E-state index in [2.05, 4.69) is 24.3 Å². The van der Waals surface area contributed by atoms with Gasteiger partial charge >= 0.3 is 0 Å². The molecule has 3 unspecified atom stereocenters. The first-order valence-corrected chi connectivity index (χ1v) is 6.31. The molecule has 0 amide bonds. The van der Waals surface area contributed by atoms with Crippen LogP contribution in [0.4, 0.5) is 0 Å². The van der Waals surface area contributed by atoms with Crippen LogP contribution in [0.5, 0.6) is 0 Å². The highest BCUT2D eigenvalue weighted by molar-refractivity contribution is 8.00. The highest BCUT2D eigenvalue weighted by Gasteiger charge is 2.38. The van der Waals surface area contributed by atoms with Crippen LogP contribution in [0, 0.1) is 0 Å². The second-order valence-electron chi connectivity index (χ2n) is 3.96. The van der Waals surface area contributed by atoms with Crippen LogP contribution in [-0.4, -0.2) is 33.9 Å². The maximum atomic E-state index is 9.22. The lowest BCUT2D eigenvalue weighted by Gasteiger charge is -2.05. The van der Waals surface area contributed by atoms with Crippen LogP contribution in [0.3, 0.4) is 0 Å². The van der Waals surface area contributed by atoms with E-state index in [1.807, 2.05) is 6.07 Å². The zero-order valence-electron chi connectivity index (χ0n) is 8.54. The highest BCUT2D eigenvalue weighted by Crippen LogP contribution is 2.49. The zero-order chi connectivity index (χ0) is 10.7. The third kappa shape index (κ3) is 2.97. The van der Waals surface area contributed by atoms with Gasteiger partial charge in [-0.1, -0.05) is 30.3 Å². The molecule has 1 aromatic rings. The van der Waals surface area contributed by atoms with Crippen molar-refractivity contribution in [3.8, 4) is 0 Å². The summed E-state index contributed by atoms with van der Waals surface area (Å²) in [4.78, 5) is 0. The molecule has 82 valence electrons. The number of thioether (sulfide) groups is 1. The summed E-state index contributed by atoms with van der Waals surface area (Å²) in [5.41, 5.74) is 1.40. The van der Waals surface area contributed by atoms with Gasteiger partial charge in [-0.2, -0.15) is 11.8 Å². The minimum atomic E-state index is -0.563. The maximum Gasteiger partial charge on any atom is 0.0861 e. The van der Waals surface area contributed by atoms with Gasteiger partial charge in [-0.25, -0.2) is 0 Å². The Labute approximate surface area is 94.3 Å². The third-order valence-corrected chi connectivity index (χ3v) is 4.20. The first-order chi connectivity index (χ1) is 7.31. The zero-order valence-corrected chi connectivity index (χ0v) is 9.36. The summed E-state index contributed by atoms with van der Waals surface area (Å²) >= 11 is 1.77. The van der Waals surface area contributed by atoms with Gasteiger partial charge in [-0.15, -0.1) is 0 Å². The molecule has 3 heteroatoms. The lowest BCUT2D eigenvalue weighted by molar-refractivity contribution is 0.113. The van der Waals surface area contributed by atoms with Crippen molar-refractivity contribution in [2.45, 2.75) is 23.7 Å². The van der Waals surface area contributed by atoms with Gasteiger partial charge in [0.2, 0.25) is 0 Å². The van der Waals surface area contributed by atoms with E-state index in [0.29, 0.717) is 16.9 Å². The van der Waals surface area contributed by atoms with Crippen LogP contribution in [0.25, 0.3) is 0 Å². The molecule has 0 heterocycles. The Hall–Kier alpha value is -0.510. The van der Waals surface area contributed by atoms with E-state index in [1.165, 1.54) is 12.0 Å². The number of aliphatic hydroxyl groups is 2. The third-order valence-electron chi connectivity index (χ3n) is 2.67. The van der Waals surface area contributed by atoms with Crippen LogP contribution in [-0.2, 0) is 0 Å². The summed E-state index contributed by atoms with van der Waals surface area (Å²) in [5.74, 6) is 1.30. The number of hydrogen-bond acceptors (Lipinski definition) is 3. The summed E-state index contributed by atoms with van der Waals surface area (Å²) in [6.45, 7) is -0.129. The first-order valence-electron chi connectivity index (χ1n) is 5.26. The Morgan fingerprint density at radius 1 is 1.33 bits per heavy atom. The average molecular weight is 224 g/mol. The molecular weight excluding hydrogens is 208 g/mol. The Bertz CT molecular complexity index is 302. The van der Waals surface area contributed by atoms with E-state index in [0.717, 1.165) is 0 Å². The highest BCUT2D eigenvalue weighted by atomic mass is 32.2. The van der Waals surface area contributed by atoms with Gasteiger partial charge in [0.25, 0.3) is 0 Å². The molecule has 2 rings (SSSR count). The normalized spacial score (nSPS) is 26.3. The molecule has 0 aliphatic heterocycles. The standard InChI is InChI=1S/C12H16O2S/c13-7-10(14)8-15-12-6-11(12)9-4-2-1-3-5-9/h1-5,10-14H,6-8H2. The first kappa shape index (κ1) is 11.0. The quantitative estimate of drug-likeness (QED) is 0.798. The minimum absolute atomic E-state index is 0.129. The molecule has 2 nitrogen and oxygen atoms in total. The minimum Gasteiger partial charge on any atom is -0.394 e. The molecule has 3 atom stereocenters. The van der Waals surface area contributed by atoms with Crippen molar-refractivity contribution >= 4 is 11.8 Å². The molecule has 0 radical (unpaired) electrons. The molecule has 0 aromatic heterocycles. The van der Waals surface area contributed by atoms with Crippen LogP contribution in [0.2, 0.25) is 0 Å². The van der Waals surface area contributed by atoms with Crippen molar-refractivity contribution in [1.82, 2.24) is 0 Å². The monoisotopic (exact) mass is 224 g/mol. The molecule has 1 saturated carbocycles. The smallest absolute Gasteiger partial charge is 0.0861 e. The molecule has 0 saturated heterocycles.